The Morgan fingerprint density at radius 1 is 1.33 bits per heavy atom. The van der Waals surface area contributed by atoms with Gasteiger partial charge in [0.1, 0.15) is 5.78 Å². The van der Waals surface area contributed by atoms with Gasteiger partial charge in [-0.1, -0.05) is 28.1 Å². The van der Waals surface area contributed by atoms with Crippen molar-refractivity contribution in [3.8, 4) is 0 Å². The Morgan fingerprint density at radius 2 is 2.00 bits per heavy atom. The Labute approximate surface area is 134 Å². The summed E-state index contributed by atoms with van der Waals surface area (Å²) in [5.41, 5.74) is 0.999. The zero-order valence-corrected chi connectivity index (χ0v) is 14.5. The highest BCUT2D eigenvalue weighted by molar-refractivity contribution is 9.10. The summed E-state index contributed by atoms with van der Waals surface area (Å²) in [4.78, 5) is 12.1. The number of rotatable bonds is 5. The number of halogens is 1. The summed E-state index contributed by atoms with van der Waals surface area (Å²) in [5, 5.41) is 0. The summed E-state index contributed by atoms with van der Waals surface area (Å²) in [6.07, 6.45) is 3.88. The van der Waals surface area contributed by atoms with E-state index in [0.717, 1.165) is 22.9 Å². The van der Waals surface area contributed by atoms with Crippen molar-refractivity contribution in [3.63, 3.8) is 0 Å². The highest BCUT2D eigenvalue weighted by Crippen LogP contribution is 2.22. The second kappa shape index (κ2) is 7.03. The molecule has 6 heteroatoms. The zero-order valence-electron chi connectivity index (χ0n) is 12.1. The first-order chi connectivity index (χ1) is 9.84. The minimum atomic E-state index is -3.14. The third-order valence-electron chi connectivity index (χ3n) is 3.78. The molecule has 0 saturated carbocycles. The summed E-state index contributed by atoms with van der Waals surface area (Å²) in [6.45, 7) is 1.06. The van der Waals surface area contributed by atoms with Gasteiger partial charge in [-0.05, 0) is 36.5 Å². The molecule has 0 aromatic heterocycles. The van der Waals surface area contributed by atoms with E-state index in [1.807, 2.05) is 24.3 Å². The van der Waals surface area contributed by atoms with Crippen LogP contribution >= 0.6 is 15.9 Å². The number of sulfonamides is 1. The number of ketones is 1. The van der Waals surface area contributed by atoms with Crippen molar-refractivity contribution in [1.29, 1.82) is 0 Å². The predicted molar refractivity (Wildman–Crippen MR) is 86.6 cm³/mol. The van der Waals surface area contributed by atoms with E-state index in [1.165, 1.54) is 10.6 Å². The first-order valence-corrected chi connectivity index (χ1v) is 9.70. The monoisotopic (exact) mass is 373 g/mol. The molecule has 4 nitrogen and oxygen atoms in total. The van der Waals surface area contributed by atoms with E-state index >= 15 is 0 Å². The van der Waals surface area contributed by atoms with Gasteiger partial charge in [0.05, 0.1) is 6.26 Å². The molecule has 0 bridgehead atoms. The second-order valence-electron chi connectivity index (χ2n) is 5.68. The molecule has 2 rings (SSSR count). The Bertz CT molecular complexity index is 598. The summed E-state index contributed by atoms with van der Waals surface area (Å²) >= 11 is 3.37. The Hall–Kier alpha value is -0.720. The Balaban J connectivity index is 1.89. The van der Waals surface area contributed by atoms with E-state index in [0.29, 0.717) is 25.9 Å². The van der Waals surface area contributed by atoms with Crippen LogP contribution in [0, 0.1) is 5.92 Å². The number of Topliss-reactive ketones (excluding diaryl/α,β-unsaturated/α-hetero) is 1. The van der Waals surface area contributed by atoms with Gasteiger partial charge in [0, 0.05) is 30.4 Å². The van der Waals surface area contributed by atoms with Crippen LogP contribution < -0.4 is 0 Å². The van der Waals surface area contributed by atoms with Crippen molar-refractivity contribution in [2.45, 2.75) is 25.7 Å². The van der Waals surface area contributed by atoms with E-state index in [4.69, 9.17) is 0 Å². The van der Waals surface area contributed by atoms with Crippen molar-refractivity contribution in [1.82, 2.24) is 4.31 Å². The fraction of sp³-hybridized carbons (Fsp3) is 0.533. The van der Waals surface area contributed by atoms with Crippen LogP contribution in [0.1, 0.15) is 24.8 Å². The average Bonchev–Trinajstić information content (AvgIpc) is 2.41. The highest BCUT2D eigenvalue weighted by atomic mass is 79.9. The van der Waals surface area contributed by atoms with E-state index < -0.39 is 10.0 Å². The van der Waals surface area contributed by atoms with Crippen LogP contribution in [0.3, 0.4) is 0 Å². The third kappa shape index (κ3) is 5.20. The molecule has 1 atom stereocenters. The van der Waals surface area contributed by atoms with Gasteiger partial charge in [0.15, 0.2) is 0 Å². The number of hydrogen-bond donors (Lipinski definition) is 0. The third-order valence-corrected chi connectivity index (χ3v) is 5.58. The molecule has 0 N–H and O–H groups in total. The van der Waals surface area contributed by atoms with Gasteiger partial charge < -0.3 is 0 Å². The van der Waals surface area contributed by atoms with E-state index in [-0.39, 0.29) is 11.7 Å². The molecule has 116 valence electrons. The molecular formula is C15H20BrNO3S. The quantitative estimate of drug-likeness (QED) is 0.796. The zero-order chi connectivity index (χ0) is 15.5. The number of nitrogens with zero attached hydrogens (tertiary/aromatic N) is 1. The van der Waals surface area contributed by atoms with Crippen LogP contribution in [0.15, 0.2) is 28.7 Å². The molecule has 1 saturated heterocycles. The van der Waals surface area contributed by atoms with E-state index in [9.17, 15) is 13.2 Å². The second-order valence-corrected chi connectivity index (χ2v) is 8.57. The minimum absolute atomic E-state index is 0.149. The van der Waals surface area contributed by atoms with Gasteiger partial charge in [-0.25, -0.2) is 12.7 Å². The average molecular weight is 374 g/mol. The van der Waals surface area contributed by atoms with Crippen molar-refractivity contribution in [3.05, 3.63) is 34.3 Å². The van der Waals surface area contributed by atoms with E-state index in [1.54, 1.807) is 0 Å². The lowest BCUT2D eigenvalue weighted by Gasteiger charge is -2.30. The lowest BCUT2D eigenvalue weighted by Crippen LogP contribution is -2.39. The predicted octanol–water partition coefficient (Wildman–Crippen LogP) is 2.62. The van der Waals surface area contributed by atoms with Crippen molar-refractivity contribution in [2.75, 3.05) is 19.3 Å². The molecule has 0 amide bonds. The fourth-order valence-electron chi connectivity index (χ4n) is 2.72. The Morgan fingerprint density at radius 3 is 2.62 bits per heavy atom. The van der Waals surface area contributed by atoms with Crippen LogP contribution in [-0.4, -0.2) is 37.9 Å². The number of carbonyl (C=O) groups is 1. The maximum absolute atomic E-state index is 12.1. The van der Waals surface area contributed by atoms with E-state index in [2.05, 4.69) is 15.9 Å². The van der Waals surface area contributed by atoms with Gasteiger partial charge in [0.2, 0.25) is 10.0 Å². The standard InChI is InChI=1S/C15H20BrNO3S/c1-21(19,20)17-8-2-3-13(11-17)10-15(18)9-12-4-6-14(16)7-5-12/h4-7,13H,2-3,8-11H2,1H3. The Kier molecular flexibility index (Phi) is 5.57. The molecule has 0 aliphatic carbocycles. The fourth-order valence-corrected chi connectivity index (χ4v) is 3.93. The molecule has 1 aliphatic rings. The molecule has 0 radical (unpaired) electrons. The molecular weight excluding hydrogens is 354 g/mol. The van der Waals surface area contributed by atoms with Crippen molar-refractivity contribution in [2.24, 2.45) is 5.92 Å². The maximum Gasteiger partial charge on any atom is 0.211 e. The van der Waals surface area contributed by atoms with Crippen LogP contribution in [0.25, 0.3) is 0 Å². The van der Waals surface area contributed by atoms with Gasteiger partial charge in [0.25, 0.3) is 0 Å². The first kappa shape index (κ1) is 16.6. The summed E-state index contributed by atoms with van der Waals surface area (Å²) < 4.78 is 25.6. The van der Waals surface area contributed by atoms with Gasteiger partial charge in [-0.2, -0.15) is 0 Å². The maximum atomic E-state index is 12.1. The molecule has 1 unspecified atom stereocenters. The van der Waals surface area contributed by atoms with Crippen LogP contribution in [0.2, 0.25) is 0 Å². The van der Waals surface area contributed by atoms with Crippen molar-refractivity contribution >= 4 is 31.7 Å². The first-order valence-electron chi connectivity index (χ1n) is 7.06. The molecule has 21 heavy (non-hydrogen) atoms. The lowest BCUT2D eigenvalue weighted by atomic mass is 9.92. The molecule has 0 spiro atoms. The molecule has 1 aliphatic heterocycles. The normalized spacial score (nSPS) is 20.4. The molecule has 1 aromatic rings. The molecule has 1 heterocycles. The van der Waals surface area contributed by atoms with Crippen LogP contribution in [-0.2, 0) is 21.2 Å². The summed E-state index contributed by atoms with van der Waals surface area (Å²) in [6, 6.07) is 7.72. The van der Waals surface area contributed by atoms with Gasteiger partial charge in [-0.15, -0.1) is 0 Å². The largest absolute Gasteiger partial charge is 0.299 e. The molecule has 1 aromatic carbocycles. The SMILES string of the molecule is CS(=O)(=O)N1CCCC(CC(=O)Cc2ccc(Br)cc2)C1. The lowest BCUT2D eigenvalue weighted by molar-refractivity contribution is -0.119. The highest BCUT2D eigenvalue weighted by Gasteiger charge is 2.27. The number of piperidine rings is 1. The smallest absolute Gasteiger partial charge is 0.211 e. The van der Waals surface area contributed by atoms with Gasteiger partial charge >= 0.3 is 0 Å². The number of benzene rings is 1. The van der Waals surface area contributed by atoms with Crippen LogP contribution in [0.4, 0.5) is 0 Å². The minimum Gasteiger partial charge on any atom is -0.299 e. The number of hydrogen-bond acceptors (Lipinski definition) is 3. The topological polar surface area (TPSA) is 54.5 Å². The summed E-state index contributed by atoms with van der Waals surface area (Å²) in [7, 11) is -3.14. The molecule has 1 fully saturated rings. The summed E-state index contributed by atoms with van der Waals surface area (Å²) in [5.74, 6) is 0.328. The van der Waals surface area contributed by atoms with Crippen molar-refractivity contribution < 1.29 is 13.2 Å². The van der Waals surface area contributed by atoms with Gasteiger partial charge in [-0.3, -0.25) is 4.79 Å². The van der Waals surface area contributed by atoms with Crippen LogP contribution in [0.5, 0.6) is 0 Å². The number of carbonyl (C=O) groups excluding carboxylic acids is 1.